The zero-order valence-corrected chi connectivity index (χ0v) is 24.4. The lowest BCUT2D eigenvalue weighted by Crippen LogP contribution is -2.42. The second-order valence-electron chi connectivity index (χ2n) is 10.2. The van der Waals surface area contributed by atoms with Crippen LogP contribution in [0.25, 0.3) is 10.9 Å². The average molecular weight is 635 g/mol. The Labute approximate surface area is 259 Å². The summed E-state index contributed by atoms with van der Waals surface area (Å²) in [5, 5.41) is 6.05. The molecule has 0 fully saturated rings. The molecule has 4 aromatic carbocycles. The minimum atomic E-state index is -4.59. The van der Waals surface area contributed by atoms with Gasteiger partial charge in [-0.1, -0.05) is 54.1 Å². The van der Waals surface area contributed by atoms with Crippen molar-refractivity contribution in [3.8, 4) is 0 Å². The molecule has 0 bridgehead atoms. The number of benzene rings is 4. The maximum Gasteiger partial charge on any atom is 0.416 e. The van der Waals surface area contributed by atoms with E-state index in [4.69, 9.17) is 11.6 Å². The number of anilines is 1. The largest absolute Gasteiger partial charge is 0.416 e. The fourth-order valence-corrected chi connectivity index (χ4v) is 4.92. The summed E-state index contributed by atoms with van der Waals surface area (Å²) in [6.45, 7) is -0.281. The van der Waals surface area contributed by atoms with Crippen LogP contribution in [0.3, 0.4) is 0 Å². The lowest BCUT2D eigenvalue weighted by Gasteiger charge is -2.15. The van der Waals surface area contributed by atoms with Gasteiger partial charge in [0.1, 0.15) is 6.54 Å². The van der Waals surface area contributed by atoms with Crippen LogP contribution >= 0.6 is 11.6 Å². The van der Waals surface area contributed by atoms with Gasteiger partial charge in [-0.25, -0.2) is 4.79 Å². The Kier molecular flexibility index (Phi) is 9.19. The molecule has 2 N–H and O–H groups in total. The summed E-state index contributed by atoms with van der Waals surface area (Å²) < 4.78 is 41.4. The summed E-state index contributed by atoms with van der Waals surface area (Å²) >= 11 is 5.90. The maximum atomic E-state index is 13.5. The molecule has 0 aliphatic heterocycles. The van der Waals surface area contributed by atoms with E-state index in [9.17, 15) is 32.3 Å². The Morgan fingerprint density at radius 2 is 1.49 bits per heavy atom. The van der Waals surface area contributed by atoms with Crippen LogP contribution < -0.4 is 21.9 Å². The first-order valence-electron chi connectivity index (χ1n) is 13.8. The Morgan fingerprint density at radius 3 is 2.20 bits per heavy atom. The lowest BCUT2D eigenvalue weighted by molar-refractivity contribution is -0.137. The van der Waals surface area contributed by atoms with Crippen molar-refractivity contribution in [2.45, 2.75) is 25.7 Å². The Morgan fingerprint density at radius 1 is 0.800 bits per heavy atom. The number of amides is 2. The number of carbonyl (C=O) groups excluding carboxylic acids is 2. The van der Waals surface area contributed by atoms with Gasteiger partial charge < -0.3 is 10.6 Å². The van der Waals surface area contributed by atoms with Gasteiger partial charge in [0.25, 0.3) is 11.5 Å². The van der Waals surface area contributed by atoms with E-state index in [0.29, 0.717) is 29.1 Å². The topological polar surface area (TPSA) is 102 Å². The molecule has 8 nitrogen and oxygen atoms in total. The summed E-state index contributed by atoms with van der Waals surface area (Å²) in [5.74, 6) is -1.04. The zero-order valence-electron chi connectivity index (χ0n) is 23.6. The number of carbonyl (C=O) groups is 2. The van der Waals surface area contributed by atoms with Crippen molar-refractivity contribution >= 4 is 40.0 Å². The third kappa shape index (κ3) is 7.50. The SMILES string of the molecule is O=C(Cn1c(=O)n(Cc2ccc(C(=O)NCCc3ccc(Cl)cc3)cc2)c(=O)c2ccccc21)Nc1cccc(C(F)(F)F)c1. The van der Waals surface area contributed by atoms with E-state index in [1.807, 2.05) is 12.1 Å². The molecular weight excluding hydrogens is 609 g/mol. The fourth-order valence-electron chi connectivity index (χ4n) is 4.80. The second kappa shape index (κ2) is 13.2. The van der Waals surface area contributed by atoms with Crippen molar-refractivity contribution in [1.29, 1.82) is 0 Å². The smallest absolute Gasteiger partial charge is 0.352 e. The molecule has 2 amide bonds. The highest BCUT2D eigenvalue weighted by Crippen LogP contribution is 2.30. The van der Waals surface area contributed by atoms with Gasteiger partial charge >= 0.3 is 11.9 Å². The Balaban J connectivity index is 1.33. The molecule has 0 aliphatic carbocycles. The molecule has 45 heavy (non-hydrogen) atoms. The maximum absolute atomic E-state index is 13.5. The molecular formula is C33H26ClF3N4O4. The van der Waals surface area contributed by atoms with Crippen LogP contribution in [0.2, 0.25) is 5.02 Å². The first-order chi connectivity index (χ1) is 21.5. The number of nitrogens with zero attached hydrogens (tertiary/aromatic N) is 2. The minimum Gasteiger partial charge on any atom is -0.352 e. The number of halogens is 4. The lowest BCUT2D eigenvalue weighted by atomic mass is 10.1. The third-order valence-corrected chi connectivity index (χ3v) is 7.33. The molecule has 12 heteroatoms. The normalized spacial score (nSPS) is 11.4. The fraction of sp³-hybridized carbons (Fsp3) is 0.152. The van der Waals surface area contributed by atoms with Crippen molar-refractivity contribution in [2.75, 3.05) is 11.9 Å². The highest BCUT2D eigenvalue weighted by molar-refractivity contribution is 6.30. The molecule has 0 aliphatic rings. The molecule has 0 radical (unpaired) electrons. The molecule has 0 spiro atoms. The standard InChI is InChI=1S/C33H26ClF3N4O4/c34-25-14-10-21(11-15-25)16-17-38-30(43)23-12-8-22(9-13-23)19-41-31(44)27-6-1-2-7-28(27)40(32(41)45)20-29(42)39-26-5-3-4-24(18-26)33(35,36)37/h1-15,18H,16-17,19-20H2,(H,38,43)(H,39,42). The van der Waals surface area contributed by atoms with E-state index in [0.717, 1.165) is 32.9 Å². The number of para-hydroxylation sites is 1. The van der Waals surface area contributed by atoms with Crippen molar-refractivity contribution in [3.05, 3.63) is 145 Å². The monoisotopic (exact) mass is 634 g/mol. The van der Waals surface area contributed by atoms with Crippen molar-refractivity contribution < 1.29 is 22.8 Å². The van der Waals surface area contributed by atoms with Crippen LogP contribution in [-0.4, -0.2) is 27.5 Å². The van der Waals surface area contributed by atoms with Crippen molar-refractivity contribution in [2.24, 2.45) is 0 Å². The molecule has 230 valence electrons. The molecule has 1 heterocycles. The molecule has 0 unspecified atom stereocenters. The molecule has 0 atom stereocenters. The third-order valence-electron chi connectivity index (χ3n) is 7.08. The molecule has 1 aromatic heterocycles. The van der Waals surface area contributed by atoms with E-state index >= 15 is 0 Å². The van der Waals surface area contributed by atoms with E-state index in [1.54, 1.807) is 48.5 Å². The number of rotatable bonds is 9. The number of fused-ring (bicyclic) bond motifs is 1. The Hall–Kier alpha value is -5.16. The van der Waals surface area contributed by atoms with E-state index in [2.05, 4.69) is 10.6 Å². The van der Waals surface area contributed by atoms with Gasteiger partial charge in [-0.15, -0.1) is 0 Å². The highest BCUT2D eigenvalue weighted by atomic mass is 35.5. The molecule has 0 saturated heterocycles. The van der Waals surface area contributed by atoms with Crippen LogP contribution in [0.4, 0.5) is 18.9 Å². The predicted molar refractivity (Wildman–Crippen MR) is 166 cm³/mol. The van der Waals surface area contributed by atoms with Crippen molar-refractivity contribution in [3.63, 3.8) is 0 Å². The van der Waals surface area contributed by atoms with Gasteiger partial charge in [-0.2, -0.15) is 13.2 Å². The molecule has 5 rings (SSSR count). The van der Waals surface area contributed by atoms with Crippen LogP contribution in [0.15, 0.2) is 107 Å². The Bertz CT molecular complexity index is 1990. The van der Waals surface area contributed by atoms with Gasteiger partial charge in [0, 0.05) is 22.8 Å². The molecule has 5 aromatic rings. The summed E-state index contributed by atoms with van der Waals surface area (Å²) in [4.78, 5) is 52.4. The van der Waals surface area contributed by atoms with Gasteiger partial charge in [0.2, 0.25) is 5.91 Å². The van der Waals surface area contributed by atoms with E-state index < -0.39 is 35.4 Å². The number of alkyl halides is 3. The first-order valence-corrected chi connectivity index (χ1v) is 14.2. The van der Waals surface area contributed by atoms with Gasteiger partial charge in [0.15, 0.2) is 0 Å². The van der Waals surface area contributed by atoms with Gasteiger partial charge in [-0.3, -0.25) is 23.5 Å². The van der Waals surface area contributed by atoms with Gasteiger partial charge in [-0.05, 0) is 72.1 Å². The predicted octanol–water partition coefficient (Wildman–Crippen LogP) is 5.49. The summed E-state index contributed by atoms with van der Waals surface area (Å²) in [7, 11) is 0. The second-order valence-corrected chi connectivity index (χ2v) is 10.7. The van der Waals surface area contributed by atoms with Crippen LogP contribution in [0.5, 0.6) is 0 Å². The summed E-state index contributed by atoms with van der Waals surface area (Å²) in [5.41, 5.74) is -0.196. The average Bonchev–Trinajstić information content (AvgIpc) is 3.02. The molecule has 0 saturated carbocycles. The summed E-state index contributed by atoms with van der Waals surface area (Å²) in [6, 6.07) is 24.1. The van der Waals surface area contributed by atoms with E-state index in [-0.39, 0.29) is 29.0 Å². The van der Waals surface area contributed by atoms with Crippen LogP contribution in [-0.2, 0) is 30.5 Å². The van der Waals surface area contributed by atoms with Gasteiger partial charge in [0.05, 0.1) is 23.0 Å². The van der Waals surface area contributed by atoms with Crippen LogP contribution in [0, 0.1) is 0 Å². The van der Waals surface area contributed by atoms with Crippen molar-refractivity contribution in [1.82, 2.24) is 14.5 Å². The number of nitrogens with one attached hydrogen (secondary N) is 2. The number of aromatic nitrogens is 2. The number of hydrogen-bond donors (Lipinski definition) is 2. The summed E-state index contributed by atoms with van der Waals surface area (Å²) in [6.07, 6.45) is -3.97. The quantitative estimate of drug-likeness (QED) is 0.224. The van der Waals surface area contributed by atoms with E-state index in [1.165, 1.54) is 18.2 Å². The van der Waals surface area contributed by atoms with Crippen LogP contribution in [0.1, 0.15) is 27.0 Å². The zero-order chi connectivity index (χ0) is 32.1. The highest BCUT2D eigenvalue weighted by Gasteiger charge is 2.30. The number of hydrogen-bond acceptors (Lipinski definition) is 4. The first kappa shape index (κ1) is 31.3. The minimum absolute atomic E-state index is 0.0883.